The Morgan fingerprint density at radius 2 is 2.14 bits per heavy atom. The first-order chi connectivity index (χ1) is 9.90. The number of sulfonamides is 1. The van der Waals surface area contributed by atoms with Gasteiger partial charge in [-0.25, -0.2) is 13.1 Å². The normalized spacial score (nSPS) is 11.3. The van der Waals surface area contributed by atoms with Crippen LogP contribution in [0, 0.1) is 6.92 Å². The maximum Gasteiger partial charge on any atom is 0.265 e. The van der Waals surface area contributed by atoms with Crippen molar-refractivity contribution in [2.24, 2.45) is 0 Å². The van der Waals surface area contributed by atoms with E-state index in [4.69, 9.17) is 11.6 Å². The largest absolute Gasteiger partial charge is 0.274 e. The van der Waals surface area contributed by atoms with Crippen molar-refractivity contribution in [1.82, 2.24) is 14.5 Å². The Hall–Kier alpha value is -1.86. The van der Waals surface area contributed by atoms with Crippen LogP contribution in [-0.4, -0.2) is 24.1 Å². The molecule has 0 spiro atoms. The Bertz CT molecular complexity index is 742. The third kappa shape index (κ3) is 3.83. The highest BCUT2D eigenvalue weighted by molar-refractivity contribution is 7.90. The second-order valence-electron chi connectivity index (χ2n) is 4.43. The average Bonchev–Trinajstić information content (AvgIpc) is 2.92. The number of amides is 1. The van der Waals surface area contributed by atoms with E-state index in [9.17, 15) is 13.2 Å². The molecule has 0 aliphatic heterocycles. The summed E-state index contributed by atoms with van der Waals surface area (Å²) in [6.45, 7) is 2.00. The molecule has 0 saturated carbocycles. The summed E-state index contributed by atoms with van der Waals surface area (Å²) in [7, 11) is -3.96. The van der Waals surface area contributed by atoms with E-state index in [1.165, 1.54) is 6.07 Å². The van der Waals surface area contributed by atoms with Crippen molar-refractivity contribution < 1.29 is 13.2 Å². The van der Waals surface area contributed by atoms with E-state index in [0.717, 1.165) is 0 Å². The highest BCUT2D eigenvalue weighted by Gasteiger charge is 2.21. The van der Waals surface area contributed by atoms with Gasteiger partial charge in [-0.1, -0.05) is 23.7 Å². The molecule has 112 valence electrons. The van der Waals surface area contributed by atoms with Gasteiger partial charge in [0, 0.05) is 25.4 Å². The molecule has 21 heavy (non-hydrogen) atoms. The summed E-state index contributed by atoms with van der Waals surface area (Å²) >= 11 is 5.97. The molecule has 2 aromatic rings. The number of aryl methyl sites for hydroxylation is 2. The van der Waals surface area contributed by atoms with Crippen LogP contribution in [0.25, 0.3) is 0 Å². The number of hydrogen-bond acceptors (Lipinski definition) is 4. The molecule has 6 nitrogen and oxygen atoms in total. The van der Waals surface area contributed by atoms with Crippen molar-refractivity contribution >= 4 is 27.5 Å². The van der Waals surface area contributed by atoms with E-state index >= 15 is 0 Å². The number of rotatable bonds is 5. The lowest BCUT2D eigenvalue weighted by Crippen LogP contribution is -2.31. The van der Waals surface area contributed by atoms with Crippen molar-refractivity contribution in [2.75, 3.05) is 0 Å². The molecule has 0 saturated heterocycles. The van der Waals surface area contributed by atoms with Crippen molar-refractivity contribution in [3.63, 3.8) is 0 Å². The third-order valence-electron chi connectivity index (χ3n) is 2.82. The Morgan fingerprint density at radius 3 is 2.81 bits per heavy atom. The van der Waals surface area contributed by atoms with Gasteiger partial charge in [-0.15, -0.1) is 0 Å². The molecule has 0 atom stereocenters. The number of nitrogens with one attached hydrogen (secondary N) is 1. The summed E-state index contributed by atoms with van der Waals surface area (Å²) in [5, 5.41) is 4.05. The van der Waals surface area contributed by atoms with E-state index < -0.39 is 15.9 Å². The maximum atomic E-state index is 12.1. The smallest absolute Gasteiger partial charge is 0.265 e. The first-order valence-corrected chi connectivity index (χ1v) is 8.04. The standard InChI is InChI=1S/C13H14ClN3O3S/c1-10-4-2-5-11(13(10)14)21(19,20)16-12(18)6-9-17-8-3-7-15-17/h2-5,7-8H,6,9H2,1H3,(H,16,18). The summed E-state index contributed by atoms with van der Waals surface area (Å²) in [4.78, 5) is 11.6. The third-order valence-corrected chi connectivity index (χ3v) is 4.85. The van der Waals surface area contributed by atoms with Crippen LogP contribution in [0.4, 0.5) is 0 Å². The number of benzene rings is 1. The zero-order valence-electron chi connectivity index (χ0n) is 11.3. The minimum atomic E-state index is -3.96. The lowest BCUT2D eigenvalue weighted by molar-refractivity contribution is -0.119. The number of aromatic nitrogens is 2. The Kier molecular flexibility index (Phi) is 4.64. The summed E-state index contributed by atoms with van der Waals surface area (Å²) in [5.74, 6) is -0.608. The molecule has 1 heterocycles. The Labute approximate surface area is 127 Å². The van der Waals surface area contributed by atoms with E-state index in [-0.39, 0.29) is 16.3 Å². The van der Waals surface area contributed by atoms with Crippen molar-refractivity contribution in [1.29, 1.82) is 0 Å². The van der Waals surface area contributed by atoms with Crippen LogP contribution >= 0.6 is 11.6 Å². The van der Waals surface area contributed by atoms with Crippen LogP contribution in [0.5, 0.6) is 0 Å². The number of carbonyl (C=O) groups is 1. The number of halogens is 1. The number of hydrogen-bond donors (Lipinski definition) is 1. The fourth-order valence-electron chi connectivity index (χ4n) is 1.73. The van der Waals surface area contributed by atoms with E-state index in [1.54, 1.807) is 42.2 Å². The molecule has 0 fully saturated rings. The highest BCUT2D eigenvalue weighted by Crippen LogP contribution is 2.24. The van der Waals surface area contributed by atoms with Gasteiger partial charge in [0.15, 0.2) is 0 Å². The summed E-state index contributed by atoms with van der Waals surface area (Å²) in [6.07, 6.45) is 3.28. The van der Waals surface area contributed by atoms with Crippen molar-refractivity contribution in [3.8, 4) is 0 Å². The second kappa shape index (κ2) is 6.28. The molecule has 0 radical (unpaired) electrons. The van der Waals surface area contributed by atoms with Crippen LogP contribution in [0.1, 0.15) is 12.0 Å². The Morgan fingerprint density at radius 1 is 1.38 bits per heavy atom. The van der Waals surface area contributed by atoms with Crippen molar-refractivity contribution in [3.05, 3.63) is 47.2 Å². The second-order valence-corrected chi connectivity index (χ2v) is 6.46. The molecule has 0 unspecified atom stereocenters. The van der Waals surface area contributed by atoms with Gasteiger partial charge in [-0.05, 0) is 24.6 Å². The van der Waals surface area contributed by atoms with Gasteiger partial charge in [-0.3, -0.25) is 9.48 Å². The van der Waals surface area contributed by atoms with Crippen LogP contribution in [-0.2, 0) is 21.4 Å². The van der Waals surface area contributed by atoms with Gasteiger partial charge in [0.05, 0.1) is 5.02 Å². The average molecular weight is 328 g/mol. The zero-order chi connectivity index (χ0) is 15.5. The van der Waals surface area contributed by atoms with E-state index in [1.807, 2.05) is 4.72 Å². The predicted octanol–water partition coefficient (Wildman–Crippen LogP) is 1.74. The van der Waals surface area contributed by atoms with Crippen molar-refractivity contribution in [2.45, 2.75) is 24.8 Å². The summed E-state index contributed by atoms with van der Waals surface area (Å²) < 4.78 is 27.8. The molecule has 8 heteroatoms. The first kappa shape index (κ1) is 15.5. The molecule has 1 aromatic heterocycles. The SMILES string of the molecule is Cc1cccc(S(=O)(=O)NC(=O)CCn2cccn2)c1Cl. The van der Waals surface area contributed by atoms with Gasteiger partial charge in [0.2, 0.25) is 5.91 Å². The maximum absolute atomic E-state index is 12.1. The van der Waals surface area contributed by atoms with Gasteiger partial charge in [-0.2, -0.15) is 5.10 Å². The lowest BCUT2D eigenvalue weighted by atomic mass is 10.2. The summed E-state index contributed by atoms with van der Waals surface area (Å²) in [6, 6.07) is 6.35. The first-order valence-electron chi connectivity index (χ1n) is 6.18. The van der Waals surface area contributed by atoms with Crippen LogP contribution in [0.2, 0.25) is 5.02 Å². The van der Waals surface area contributed by atoms with E-state index in [2.05, 4.69) is 5.10 Å². The van der Waals surface area contributed by atoms with E-state index in [0.29, 0.717) is 12.1 Å². The number of nitrogens with zero attached hydrogens (tertiary/aromatic N) is 2. The minimum Gasteiger partial charge on any atom is -0.274 e. The van der Waals surface area contributed by atoms with Crippen LogP contribution < -0.4 is 4.72 Å². The molecule has 1 amide bonds. The van der Waals surface area contributed by atoms with Crippen LogP contribution in [0.3, 0.4) is 0 Å². The minimum absolute atomic E-state index is 0.00431. The lowest BCUT2D eigenvalue weighted by Gasteiger charge is -2.09. The summed E-state index contributed by atoms with van der Waals surface area (Å²) in [5.41, 5.74) is 0.628. The highest BCUT2D eigenvalue weighted by atomic mass is 35.5. The topological polar surface area (TPSA) is 81.1 Å². The molecular formula is C13H14ClN3O3S. The fourth-order valence-corrected chi connectivity index (χ4v) is 3.33. The van der Waals surface area contributed by atoms with Crippen LogP contribution in [0.15, 0.2) is 41.6 Å². The number of carbonyl (C=O) groups excluding carboxylic acids is 1. The van der Waals surface area contributed by atoms with Gasteiger partial charge in [0.25, 0.3) is 10.0 Å². The molecule has 1 aromatic carbocycles. The Balaban J connectivity index is 2.06. The molecule has 0 bridgehead atoms. The fraction of sp³-hybridized carbons (Fsp3) is 0.231. The zero-order valence-corrected chi connectivity index (χ0v) is 12.9. The quantitative estimate of drug-likeness (QED) is 0.907. The molecule has 2 rings (SSSR count). The van der Waals surface area contributed by atoms with Gasteiger partial charge < -0.3 is 0 Å². The molecule has 0 aliphatic rings. The van der Waals surface area contributed by atoms with Gasteiger partial charge in [0.1, 0.15) is 4.90 Å². The molecule has 1 N–H and O–H groups in total. The molecule has 0 aliphatic carbocycles. The molecular weight excluding hydrogens is 314 g/mol. The predicted molar refractivity (Wildman–Crippen MR) is 78.4 cm³/mol. The monoisotopic (exact) mass is 327 g/mol. The van der Waals surface area contributed by atoms with Gasteiger partial charge >= 0.3 is 0 Å².